The molecule has 0 spiro atoms. The number of hydrogen-bond acceptors (Lipinski definition) is 6. The second-order valence-corrected chi connectivity index (χ2v) is 9.94. The number of aryl methyl sites for hydroxylation is 2. The molecule has 2 aliphatic carbocycles. The fourth-order valence-electron chi connectivity index (χ4n) is 5.22. The van der Waals surface area contributed by atoms with E-state index < -0.39 is 5.97 Å². The van der Waals surface area contributed by atoms with Gasteiger partial charge in [-0.3, -0.25) is 9.48 Å². The first-order valence-electron chi connectivity index (χ1n) is 12.6. The lowest BCUT2D eigenvalue weighted by Gasteiger charge is -2.27. The molecule has 190 valence electrons. The highest BCUT2D eigenvalue weighted by molar-refractivity contribution is 5.70. The molecule has 35 heavy (non-hydrogen) atoms. The second-order valence-electron chi connectivity index (χ2n) is 9.94. The molecule has 4 rings (SSSR count). The molecular formula is C26H36N4O5. The maximum Gasteiger partial charge on any atom is 0.409 e. The van der Waals surface area contributed by atoms with E-state index in [1.165, 1.54) is 25.7 Å². The van der Waals surface area contributed by atoms with Crippen LogP contribution in [0.4, 0.5) is 4.79 Å². The molecule has 9 heteroatoms. The molecule has 0 radical (unpaired) electrons. The Morgan fingerprint density at radius 1 is 1.17 bits per heavy atom. The summed E-state index contributed by atoms with van der Waals surface area (Å²) in [5, 5.41) is 13.7. The summed E-state index contributed by atoms with van der Waals surface area (Å²) in [6.07, 6.45) is 9.03. The SMILES string of the molecule is Cc1nc(-c2cnn(C)c2COC(=O)N(C)CC2CCCC2)ccc1O[C@H]1CCCC(C(=O)O)C1. The van der Waals surface area contributed by atoms with Crippen molar-refractivity contribution < 1.29 is 24.2 Å². The van der Waals surface area contributed by atoms with E-state index >= 15 is 0 Å². The highest BCUT2D eigenvalue weighted by atomic mass is 16.6. The first-order valence-corrected chi connectivity index (χ1v) is 12.6. The van der Waals surface area contributed by atoms with E-state index in [0.29, 0.717) is 24.5 Å². The van der Waals surface area contributed by atoms with E-state index in [2.05, 4.69) is 5.10 Å². The molecule has 2 heterocycles. The van der Waals surface area contributed by atoms with Crippen LogP contribution in [0.1, 0.15) is 62.8 Å². The van der Waals surface area contributed by atoms with E-state index in [9.17, 15) is 14.7 Å². The summed E-state index contributed by atoms with van der Waals surface area (Å²) in [5.41, 5.74) is 3.02. The molecule has 2 aliphatic rings. The normalized spacial score (nSPS) is 20.5. The van der Waals surface area contributed by atoms with Crippen LogP contribution in [-0.2, 0) is 23.2 Å². The van der Waals surface area contributed by atoms with Crippen molar-refractivity contribution in [1.29, 1.82) is 0 Å². The number of rotatable bonds is 8. The largest absolute Gasteiger partial charge is 0.489 e. The third kappa shape index (κ3) is 6.13. The number of carbonyl (C=O) groups excluding carboxylic acids is 1. The molecule has 0 aliphatic heterocycles. The fraction of sp³-hybridized carbons (Fsp3) is 0.615. The van der Waals surface area contributed by atoms with Gasteiger partial charge in [0.05, 0.1) is 35.3 Å². The van der Waals surface area contributed by atoms with E-state index in [1.807, 2.05) is 26.1 Å². The van der Waals surface area contributed by atoms with Crippen molar-refractivity contribution in [3.8, 4) is 17.0 Å². The zero-order valence-corrected chi connectivity index (χ0v) is 20.9. The average Bonchev–Trinajstić information content (AvgIpc) is 3.48. The summed E-state index contributed by atoms with van der Waals surface area (Å²) >= 11 is 0. The van der Waals surface area contributed by atoms with E-state index in [4.69, 9.17) is 14.5 Å². The second kappa shape index (κ2) is 11.1. The van der Waals surface area contributed by atoms with Gasteiger partial charge in [0, 0.05) is 26.2 Å². The van der Waals surface area contributed by atoms with Crippen LogP contribution in [-0.4, -0.2) is 56.5 Å². The smallest absolute Gasteiger partial charge is 0.409 e. The number of nitrogens with zero attached hydrogens (tertiary/aromatic N) is 4. The van der Waals surface area contributed by atoms with Crippen LogP contribution in [0.2, 0.25) is 0 Å². The number of carboxylic acids is 1. The van der Waals surface area contributed by atoms with Crippen molar-refractivity contribution >= 4 is 12.1 Å². The number of hydrogen-bond donors (Lipinski definition) is 1. The lowest BCUT2D eigenvalue weighted by molar-refractivity contribution is -0.143. The van der Waals surface area contributed by atoms with Gasteiger partial charge in [0.1, 0.15) is 12.4 Å². The van der Waals surface area contributed by atoms with Gasteiger partial charge in [0.15, 0.2) is 0 Å². The predicted molar refractivity (Wildman–Crippen MR) is 130 cm³/mol. The van der Waals surface area contributed by atoms with Gasteiger partial charge in [-0.15, -0.1) is 0 Å². The molecule has 1 unspecified atom stereocenters. The molecule has 2 atom stereocenters. The molecule has 0 aromatic carbocycles. The Bertz CT molecular complexity index is 1050. The Kier molecular flexibility index (Phi) is 7.93. The van der Waals surface area contributed by atoms with Crippen LogP contribution in [0.15, 0.2) is 18.3 Å². The third-order valence-electron chi connectivity index (χ3n) is 7.29. The Morgan fingerprint density at radius 3 is 2.66 bits per heavy atom. The average molecular weight is 485 g/mol. The molecule has 0 saturated heterocycles. The summed E-state index contributed by atoms with van der Waals surface area (Å²) in [5.74, 6) is 0.128. The quantitative estimate of drug-likeness (QED) is 0.585. The van der Waals surface area contributed by atoms with Crippen molar-refractivity contribution in [2.75, 3.05) is 13.6 Å². The van der Waals surface area contributed by atoms with Crippen LogP contribution < -0.4 is 4.74 Å². The molecule has 2 aromatic rings. The number of ether oxygens (including phenoxy) is 2. The summed E-state index contributed by atoms with van der Waals surface area (Å²) in [6.45, 7) is 2.72. The van der Waals surface area contributed by atoms with Crippen molar-refractivity contribution in [1.82, 2.24) is 19.7 Å². The van der Waals surface area contributed by atoms with E-state index in [-0.39, 0.29) is 24.7 Å². The Balaban J connectivity index is 1.40. The summed E-state index contributed by atoms with van der Waals surface area (Å²) in [6, 6.07) is 3.74. The predicted octanol–water partition coefficient (Wildman–Crippen LogP) is 4.57. The molecule has 0 bridgehead atoms. The zero-order chi connectivity index (χ0) is 24.9. The number of aromatic nitrogens is 3. The van der Waals surface area contributed by atoms with Crippen molar-refractivity contribution in [3.63, 3.8) is 0 Å². The molecule has 2 fully saturated rings. The summed E-state index contributed by atoms with van der Waals surface area (Å²) in [4.78, 5) is 30.3. The van der Waals surface area contributed by atoms with Crippen molar-refractivity contribution in [2.45, 2.75) is 71.0 Å². The van der Waals surface area contributed by atoms with Crippen molar-refractivity contribution in [2.24, 2.45) is 18.9 Å². The molecule has 2 aromatic heterocycles. The Labute approximate surface area is 206 Å². The van der Waals surface area contributed by atoms with Gasteiger partial charge < -0.3 is 19.5 Å². The highest BCUT2D eigenvalue weighted by Gasteiger charge is 2.28. The number of carboxylic acid groups (broad SMARTS) is 1. The minimum atomic E-state index is -0.752. The lowest BCUT2D eigenvalue weighted by Crippen LogP contribution is -2.31. The maximum absolute atomic E-state index is 12.5. The molecule has 1 amide bonds. The summed E-state index contributed by atoms with van der Waals surface area (Å²) < 4.78 is 13.4. The van der Waals surface area contributed by atoms with Gasteiger partial charge in [-0.05, 0) is 63.5 Å². The Morgan fingerprint density at radius 2 is 1.94 bits per heavy atom. The van der Waals surface area contributed by atoms with Crippen LogP contribution in [0.3, 0.4) is 0 Å². The van der Waals surface area contributed by atoms with Crippen LogP contribution in [0, 0.1) is 18.8 Å². The number of carbonyl (C=O) groups is 2. The molecule has 1 N–H and O–H groups in total. The van der Waals surface area contributed by atoms with Crippen molar-refractivity contribution in [3.05, 3.63) is 29.7 Å². The zero-order valence-electron chi connectivity index (χ0n) is 20.9. The van der Waals surface area contributed by atoms with Gasteiger partial charge in [0.25, 0.3) is 0 Å². The minimum absolute atomic E-state index is 0.108. The van der Waals surface area contributed by atoms with Gasteiger partial charge in [-0.2, -0.15) is 5.10 Å². The monoisotopic (exact) mass is 484 g/mol. The molecule has 9 nitrogen and oxygen atoms in total. The maximum atomic E-state index is 12.5. The molecule has 2 saturated carbocycles. The fourth-order valence-corrected chi connectivity index (χ4v) is 5.22. The number of aliphatic carboxylic acids is 1. The molecular weight excluding hydrogens is 448 g/mol. The van der Waals surface area contributed by atoms with E-state index in [1.54, 1.807) is 22.8 Å². The van der Waals surface area contributed by atoms with Gasteiger partial charge in [-0.25, -0.2) is 9.78 Å². The third-order valence-corrected chi connectivity index (χ3v) is 7.29. The Hall–Kier alpha value is -3.10. The topological polar surface area (TPSA) is 107 Å². The first kappa shape index (κ1) is 25.0. The van der Waals surface area contributed by atoms with Gasteiger partial charge in [-0.1, -0.05) is 12.8 Å². The number of pyridine rings is 1. The standard InChI is InChI=1S/C26H36N4O5/c1-17-24(35-20-10-6-9-19(13-20)25(31)32)12-11-22(28-17)21-14-27-30(3)23(21)16-34-26(33)29(2)15-18-7-4-5-8-18/h11-12,14,18-20H,4-10,13,15-16H2,1-3H3,(H,31,32)/t19?,20-/m0/s1. The van der Waals surface area contributed by atoms with Gasteiger partial charge in [0.2, 0.25) is 0 Å². The lowest BCUT2D eigenvalue weighted by atomic mass is 9.87. The van der Waals surface area contributed by atoms with Crippen LogP contribution >= 0.6 is 0 Å². The van der Waals surface area contributed by atoms with Crippen LogP contribution in [0.5, 0.6) is 5.75 Å². The summed E-state index contributed by atoms with van der Waals surface area (Å²) in [7, 11) is 3.61. The first-order chi connectivity index (χ1) is 16.8. The van der Waals surface area contributed by atoms with Gasteiger partial charge >= 0.3 is 12.1 Å². The van der Waals surface area contributed by atoms with Crippen LogP contribution in [0.25, 0.3) is 11.3 Å². The highest BCUT2D eigenvalue weighted by Crippen LogP contribution is 2.31. The number of amides is 1. The van der Waals surface area contributed by atoms with E-state index in [0.717, 1.165) is 42.0 Å². The minimum Gasteiger partial charge on any atom is -0.489 e.